The summed E-state index contributed by atoms with van der Waals surface area (Å²) in [5, 5.41) is 0.506. The van der Waals surface area contributed by atoms with E-state index in [1.807, 2.05) is 22.6 Å². The fourth-order valence-corrected chi connectivity index (χ4v) is 2.46. The van der Waals surface area contributed by atoms with Crippen LogP contribution in [0.2, 0.25) is 0 Å². The third-order valence-corrected chi connectivity index (χ3v) is 3.13. The van der Waals surface area contributed by atoms with Gasteiger partial charge >= 0.3 is 0 Å². The van der Waals surface area contributed by atoms with Crippen molar-refractivity contribution in [3.63, 3.8) is 0 Å². The molecule has 1 aromatic heterocycles. The molecule has 0 aromatic carbocycles. The van der Waals surface area contributed by atoms with E-state index in [1.54, 1.807) is 0 Å². The molecule has 0 atom stereocenters. The van der Waals surface area contributed by atoms with E-state index < -0.39 is 6.43 Å². The predicted molar refractivity (Wildman–Crippen MR) is 54.5 cm³/mol. The van der Waals surface area contributed by atoms with E-state index in [9.17, 15) is 8.78 Å². The van der Waals surface area contributed by atoms with Crippen molar-refractivity contribution in [3.8, 4) is 0 Å². The van der Waals surface area contributed by atoms with Crippen LogP contribution in [-0.2, 0) is 5.33 Å². The molecule has 5 heteroatoms. The third-order valence-electron chi connectivity index (χ3n) is 1.35. The highest BCUT2D eigenvalue weighted by Crippen LogP contribution is 2.26. The Morgan fingerprint density at radius 1 is 1.58 bits per heavy atom. The first-order valence-electron chi connectivity index (χ1n) is 3.14. The van der Waals surface area contributed by atoms with Gasteiger partial charge in [-0.3, -0.25) is 4.98 Å². The number of hydrogen-bond donors (Lipinski definition) is 0. The minimum absolute atomic E-state index is 0.0556. The van der Waals surface area contributed by atoms with Crippen LogP contribution in [0.1, 0.15) is 17.7 Å². The molecule has 1 rings (SSSR count). The number of hydrogen-bond acceptors (Lipinski definition) is 1. The van der Waals surface area contributed by atoms with Crippen LogP contribution in [0, 0.1) is 3.57 Å². The van der Waals surface area contributed by atoms with E-state index in [0.717, 1.165) is 0 Å². The highest BCUT2D eigenvalue weighted by Gasteiger charge is 2.13. The number of rotatable bonds is 2. The molecule has 0 aliphatic rings. The van der Waals surface area contributed by atoms with Gasteiger partial charge in [0, 0.05) is 20.7 Å². The lowest BCUT2D eigenvalue weighted by Gasteiger charge is -2.05. The van der Waals surface area contributed by atoms with Crippen LogP contribution in [0.4, 0.5) is 8.78 Å². The van der Waals surface area contributed by atoms with E-state index in [1.165, 1.54) is 12.3 Å². The number of pyridine rings is 1. The van der Waals surface area contributed by atoms with Gasteiger partial charge in [-0.1, -0.05) is 15.9 Å². The van der Waals surface area contributed by atoms with Gasteiger partial charge in [-0.25, -0.2) is 8.78 Å². The van der Waals surface area contributed by atoms with Crippen LogP contribution in [-0.4, -0.2) is 4.98 Å². The Bertz CT molecular complexity index is 280. The molecule has 0 saturated heterocycles. The Morgan fingerprint density at radius 2 is 2.25 bits per heavy atom. The average Bonchev–Trinajstić information content (AvgIpc) is 2.04. The molecule has 1 aromatic rings. The first kappa shape index (κ1) is 10.3. The lowest BCUT2D eigenvalue weighted by atomic mass is 10.2. The van der Waals surface area contributed by atoms with Gasteiger partial charge in [0.25, 0.3) is 6.43 Å². The van der Waals surface area contributed by atoms with Crippen molar-refractivity contribution in [2.75, 3.05) is 0 Å². The normalized spacial score (nSPS) is 10.8. The highest BCUT2D eigenvalue weighted by molar-refractivity contribution is 14.1. The van der Waals surface area contributed by atoms with Crippen LogP contribution >= 0.6 is 38.5 Å². The summed E-state index contributed by atoms with van der Waals surface area (Å²) in [5.74, 6) is 0. The largest absolute Gasteiger partial charge is 0.264 e. The maximum absolute atomic E-state index is 12.3. The maximum atomic E-state index is 12.3. The lowest BCUT2D eigenvalue weighted by molar-refractivity contribution is 0.150. The quantitative estimate of drug-likeness (QED) is 0.589. The van der Waals surface area contributed by atoms with Gasteiger partial charge in [0.15, 0.2) is 0 Å². The van der Waals surface area contributed by atoms with Crippen molar-refractivity contribution in [3.05, 3.63) is 27.1 Å². The molecule has 0 aliphatic carbocycles. The summed E-state index contributed by atoms with van der Waals surface area (Å²) in [5.41, 5.74) is 0.716. The fourth-order valence-electron chi connectivity index (χ4n) is 0.766. The topological polar surface area (TPSA) is 12.9 Å². The van der Waals surface area contributed by atoms with E-state index in [0.29, 0.717) is 14.6 Å². The van der Waals surface area contributed by atoms with Gasteiger partial charge < -0.3 is 0 Å². The van der Waals surface area contributed by atoms with Crippen molar-refractivity contribution in [1.29, 1.82) is 0 Å². The lowest BCUT2D eigenvalue weighted by Crippen LogP contribution is -1.96. The van der Waals surface area contributed by atoms with E-state index >= 15 is 0 Å². The zero-order valence-electron chi connectivity index (χ0n) is 5.90. The van der Waals surface area contributed by atoms with Gasteiger partial charge in [-0.2, -0.15) is 0 Å². The minimum atomic E-state index is -2.42. The van der Waals surface area contributed by atoms with Crippen LogP contribution in [0.5, 0.6) is 0 Å². The number of nitrogens with zero attached hydrogens (tertiary/aromatic N) is 1. The standard InChI is InChI=1S/C7H5BrF2IN/c8-3-5-6(11)4(7(9)10)1-2-12-5/h1-2,7H,3H2. The van der Waals surface area contributed by atoms with E-state index in [2.05, 4.69) is 20.9 Å². The number of alkyl halides is 3. The molecular weight excluding hydrogens is 343 g/mol. The molecule has 0 unspecified atom stereocenters. The molecule has 0 radical (unpaired) electrons. The van der Waals surface area contributed by atoms with Crippen LogP contribution in [0.25, 0.3) is 0 Å². The predicted octanol–water partition coefficient (Wildman–Crippen LogP) is 3.52. The molecule has 1 nitrogen and oxygen atoms in total. The Morgan fingerprint density at radius 3 is 2.75 bits per heavy atom. The van der Waals surface area contributed by atoms with Gasteiger partial charge in [0.05, 0.1) is 5.69 Å². The molecule has 0 bridgehead atoms. The fraction of sp³-hybridized carbons (Fsp3) is 0.286. The SMILES string of the molecule is FC(F)c1ccnc(CBr)c1I. The van der Waals surface area contributed by atoms with Gasteiger partial charge in [0.1, 0.15) is 0 Å². The Kier molecular flexibility index (Phi) is 3.82. The first-order valence-corrected chi connectivity index (χ1v) is 5.34. The second-order valence-electron chi connectivity index (χ2n) is 2.10. The van der Waals surface area contributed by atoms with Crippen LogP contribution in [0.15, 0.2) is 12.3 Å². The van der Waals surface area contributed by atoms with Crippen molar-refractivity contribution in [2.24, 2.45) is 0 Å². The molecule has 12 heavy (non-hydrogen) atoms. The summed E-state index contributed by atoms with van der Waals surface area (Å²) >= 11 is 5.06. The Balaban J connectivity index is 3.14. The van der Waals surface area contributed by atoms with Gasteiger partial charge in [-0.15, -0.1) is 0 Å². The summed E-state index contributed by atoms with van der Waals surface area (Å²) < 4.78 is 25.1. The van der Waals surface area contributed by atoms with Gasteiger partial charge in [-0.05, 0) is 28.7 Å². The second-order valence-corrected chi connectivity index (χ2v) is 3.73. The summed E-state index contributed by atoms with van der Waals surface area (Å²) in [6.07, 6.45) is -1.02. The molecule has 1 heterocycles. The van der Waals surface area contributed by atoms with E-state index in [4.69, 9.17) is 0 Å². The molecule has 0 fully saturated rings. The van der Waals surface area contributed by atoms with Crippen LogP contribution in [0.3, 0.4) is 0 Å². The molecule has 0 saturated carbocycles. The van der Waals surface area contributed by atoms with Crippen molar-refractivity contribution in [1.82, 2.24) is 4.98 Å². The first-order chi connectivity index (χ1) is 5.66. The summed E-state index contributed by atoms with van der Waals surface area (Å²) in [4.78, 5) is 3.95. The second kappa shape index (κ2) is 4.45. The third kappa shape index (κ3) is 2.12. The number of halogens is 4. The molecule has 0 spiro atoms. The monoisotopic (exact) mass is 347 g/mol. The van der Waals surface area contributed by atoms with Crippen molar-refractivity contribution >= 4 is 38.5 Å². The minimum Gasteiger partial charge on any atom is -0.259 e. The van der Waals surface area contributed by atoms with Crippen LogP contribution < -0.4 is 0 Å². The van der Waals surface area contributed by atoms with Crippen molar-refractivity contribution in [2.45, 2.75) is 11.8 Å². The number of aromatic nitrogens is 1. The van der Waals surface area contributed by atoms with Crippen molar-refractivity contribution < 1.29 is 8.78 Å². The molecule has 0 aliphatic heterocycles. The van der Waals surface area contributed by atoms with E-state index in [-0.39, 0.29) is 5.56 Å². The molecule has 66 valence electrons. The zero-order valence-corrected chi connectivity index (χ0v) is 9.64. The summed E-state index contributed by atoms with van der Waals surface area (Å²) in [6.45, 7) is 0. The molecule has 0 amide bonds. The highest BCUT2D eigenvalue weighted by atomic mass is 127. The maximum Gasteiger partial charge on any atom is 0.264 e. The Hall–Kier alpha value is 0.220. The smallest absolute Gasteiger partial charge is 0.259 e. The molecule has 0 N–H and O–H groups in total. The summed E-state index contributed by atoms with van der Waals surface area (Å²) in [6, 6.07) is 1.35. The zero-order chi connectivity index (χ0) is 9.14. The average molecular weight is 348 g/mol. The summed E-state index contributed by atoms with van der Waals surface area (Å²) in [7, 11) is 0. The van der Waals surface area contributed by atoms with Gasteiger partial charge in [0.2, 0.25) is 0 Å². The Labute approximate surface area is 90.8 Å². The molecular formula is C7H5BrF2IN.